The second-order valence-corrected chi connectivity index (χ2v) is 5.80. The van der Waals surface area contributed by atoms with Gasteiger partial charge in [-0.25, -0.2) is 0 Å². The van der Waals surface area contributed by atoms with Gasteiger partial charge in [0.15, 0.2) is 0 Å². The summed E-state index contributed by atoms with van der Waals surface area (Å²) in [6.45, 7) is 2.33. The topological polar surface area (TPSA) is 12.0 Å². The molecule has 0 saturated heterocycles. The average Bonchev–Trinajstić information content (AvgIpc) is 3.13. The van der Waals surface area contributed by atoms with Gasteiger partial charge in [0.1, 0.15) is 0 Å². The minimum Gasteiger partial charge on any atom is -0.305 e. The summed E-state index contributed by atoms with van der Waals surface area (Å²) in [5.41, 5.74) is 1.68. The van der Waals surface area contributed by atoms with E-state index < -0.39 is 0 Å². The molecule has 2 fully saturated rings. The highest BCUT2D eigenvalue weighted by Crippen LogP contribution is 2.47. The van der Waals surface area contributed by atoms with E-state index in [2.05, 4.69) is 24.4 Å². The van der Waals surface area contributed by atoms with Gasteiger partial charge >= 0.3 is 0 Å². The van der Waals surface area contributed by atoms with Crippen LogP contribution in [0.15, 0.2) is 24.3 Å². The van der Waals surface area contributed by atoms with Crippen LogP contribution in [0.1, 0.15) is 38.2 Å². The second kappa shape index (κ2) is 3.75. The first-order chi connectivity index (χ1) is 7.70. The lowest BCUT2D eigenvalue weighted by Crippen LogP contribution is -2.37. The fraction of sp³-hybridized carbons (Fsp3) is 0.571. The molecule has 0 spiro atoms. The first kappa shape index (κ1) is 10.6. The molecule has 1 atom stereocenters. The summed E-state index contributed by atoms with van der Waals surface area (Å²) < 4.78 is 0. The van der Waals surface area contributed by atoms with Crippen LogP contribution in [0.25, 0.3) is 0 Å². The maximum Gasteiger partial charge on any atom is 0.0438 e. The molecule has 0 heterocycles. The lowest BCUT2D eigenvalue weighted by Gasteiger charge is -2.23. The van der Waals surface area contributed by atoms with Crippen LogP contribution in [0.4, 0.5) is 0 Å². The van der Waals surface area contributed by atoms with Crippen LogP contribution >= 0.6 is 11.6 Å². The molecule has 0 radical (unpaired) electrons. The van der Waals surface area contributed by atoms with E-state index in [0.717, 1.165) is 10.9 Å². The van der Waals surface area contributed by atoms with E-state index in [9.17, 15) is 0 Å². The third-order valence-electron chi connectivity index (χ3n) is 3.98. The van der Waals surface area contributed by atoms with Crippen LogP contribution in [0.5, 0.6) is 0 Å². The van der Waals surface area contributed by atoms with Crippen molar-refractivity contribution in [1.82, 2.24) is 5.32 Å². The van der Waals surface area contributed by atoms with Crippen molar-refractivity contribution in [1.29, 1.82) is 0 Å². The van der Waals surface area contributed by atoms with Crippen LogP contribution in [0.3, 0.4) is 0 Å². The Bertz CT molecular complexity index is 376. The summed E-state index contributed by atoms with van der Waals surface area (Å²) in [6, 6.07) is 9.00. The predicted octanol–water partition coefficient (Wildman–Crippen LogP) is 3.72. The molecule has 1 aromatic carbocycles. The molecule has 0 amide bonds. The van der Waals surface area contributed by atoms with Gasteiger partial charge in [-0.3, -0.25) is 0 Å². The molecule has 0 aromatic heterocycles. The van der Waals surface area contributed by atoms with E-state index >= 15 is 0 Å². The Morgan fingerprint density at radius 3 is 2.38 bits per heavy atom. The summed E-state index contributed by atoms with van der Waals surface area (Å²) >= 11 is 5.93. The Balaban J connectivity index is 1.74. The largest absolute Gasteiger partial charge is 0.305 e. The Morgan fingerprint density at radius 1 is 1.25 bits per heavy atom. The van der Waals surface area contributed by atoms with E-state index in [4.69, 9.17) is 11.6 Å². The van der Waals surface area contributed by atoms with Crippen molar-refractivity contribution in [2.24, 2.45) is 5.92 Å². The first-order valence-corrected chi connectivity index (χ1v) is 6.61. The first-order valence-electron chi connectivity index (χ1n) is 6.23. The second-order valence-electron chi connectivity index (χ2n) is 5.36. The van der Waals surface area contributed by atoms with Gasteiger partial charge in [0.2, 0.25) is 0 Å². The minimum absolute atomic E-state index is 0.270. The molecule has 2 saturated carbocycles. The average molecular weight is 236 g/mol. The molecule has 1 aromatic rings. The quantitative estimate of drug-likeness (QED) is 0.839. The maximum absolute atomic E-state index is 5.93. The highest BCUT2D eigenvalue weighted by atomic mass is 35.5. The van der Waals surface area contributed by atoms with E-state index in [0.29, 0.717) is 6.04 Å². The fourth-order valence-corrected chi connectivity index (χ4v) is 2.69. The highest BCUT2D eigenvalue weighted by molar-refractivity contribution is 6.30. The molecule has 2 aliphatic rings. The SMILES string of the molecule is CC(NC1(c2ccc(Cl)cc2)CC1)C1CC1. The van der Waals surface area contributed by atoms with E-state index in [1.54, 1.807) is 0 Å². The van der Waals surface area contributed by atoms with Crippen molar-refractivity contribution < 1.29 is 0 Å². The minimum atomic E-state index is 0.270. The summed E-state index contributed by atoms with van der Waals surface area (Å²) in [5.74, 6) is 0.921. The molecular formula is C14H18ClN. The number of hydrogen-bond acceptors (Lipinski definition) is 1. The Morgan fingerprint density at radius 2 is 1.88 bits per heavy atom. The summed E-state index contributed by atoms with van der Waals surface area (Å²) in [6.07, 6.45) is 5.35. The van der Waals surface area contributed by atoms with Crippen LogP contribution in [-0.4, -0.2) is 6.04 Å². The monoisotopic (exact) mass is 235 g/mol. The lowest BCUT2D eigenvalue weighted by atomic mass is 10.0. The molecule has 1 N–H and O–H groups in total. The molecule has 16 heavy (non-hydrogen) atoms. The van der Waals surface area contributed by atoms with E-state index in [1.165, 1.54) is 31.2 Å². The maximum atomic E-state index is 5.93. The van der Waals surface area contributed by atoms with Gasteiger partial charge in [-0.1, -0.05) is 23.7 Å². The molecule has 0 bridgehead atoms. The van der Waals surface area contributed by atoms with Crippen LogP contribution in [0.2, 0.25) is 5.02 Å². The van der Waals surface area contributed by atoms with Crippen LogP contribution in [0, 0.1) is 5.92 Å². The zero-order valence-corrected chi connectivity index (χ0v) is 10.4. The zero-order valence-electron chi connectivity index (χ0n) is 9.67. The van der Waals surface area contributed by atoms with Crippen molar-refractivity contribution in [3.8, 4) is 0 Å². The van der Waals surface area contributed by atoms with Gasteiger partial charge in [-0.15, -0.1) is 0 Å². The highest BCUT2D eigenvalue weighted by Gasteiger charge is 2.46. The van der Waals surface area contributed by atoms with E-state index in [-0.39, 0.29) is 5.54 Å². The molecule has 1 unspecified atom stereocenters. The van der Waals surface area contributed by atoms with Crippen molar-refractivity contribution in [3.63, 3.8) is 0 Å². The Kier molecular flexibility index (Phi) is 2.49. The van der Waals surface area contributed by atoms with Crippen molar-refractivity contribution in [3.05, 3.63) is 34.9 Å². The number of halogens is 1. The number of benzene rings is 1. The molecule has 3 rings (SSSR count). The third kappa shape index (κ3) is 1.99. The van der Waals surface area contributed by atoms with E-state index in [1.807, 2.05) is 12.1 Å². The standard InChI is InChI=1S/C14H18ClN/c1-10(11-2-3-11)16-14(8-9-14)12-4-6-13(15)7-5-12/h4-7,10-11,16H,2-3,8-9H2,1H3. The van der Waals surface area contributed by atoms with Crippen LogP contribution < -0.4 is 5.32 Å². The Labute approximate surface area is 102 Å². The third-order valence-corrected chi connectivity index (χ3v) is 4.23. The molecule has 2 aliphatic carbocycles. The van der Waals surface area contributed by atoms with Gasteiger partial charge in [0.05, 0.1) is 0 Å². The van der Waals surface area contributed by atoms with Gasteiger partial charge in [0, 0.05) is 16.6 Å². The van der Waals surface area contributed by atoms with Crippen molar-refractivity contribution in [2.45, 2.75) is 44.2 Å². The smallest absolute Gasteiger partial charge is 0.0438 e. The molecule has 0 aliphatic heterocycles. The number of nitrogens with one attached hydrogen (secondary N) is 1. The molecule has 1 nitrogen and oxygen atoms in total. The number of hydrogen-bond donors (Lipinski definition) is 1. The molecule has 2 heteroatoms. The number of rotatable bonds is 4. The van der Waals surface area contributed by atoms with Crippen molar-refractivity contribution in [2.75, 3.05) is 0 Å². The molecular weight excluding hydrogens is 218 g/mol. The van der Waals surface area contributed by atoms with Gasteiger partial charge in [-0.05, 0) is 56.2 Å². The van der Waals surface area contributed by atoms with Crippen LogP contribution in [-0.2, 0) is 5.54 Å². The fourth-order valence-electron chi connectivity index (χ4n) is 2.56. The summed E-state index contributed by atoms with van der Waals surface area (Å²) in [7, 11) is 0. The van der Waals surface area contributed by atoms with Gasteiger partial charge in [0.25, 0.3) is 0 Å². The summed E-state index contributed by atoms with van der Waals surface area (Å²) in [5, 5.41) is 4.65. The zero-order chi connectivity index (χ0) is 11.2. The molecule has 86 valence electrons. The van der Waals surface area contributed by atoms with Crippen molar-refractivity contribution >= 4 is 11.6 Å². The lowest BCUT2D eigenvalue weighted by molar-refractivity contribution is 0.407. The van der Waals surface area contributed by atoms with Gasteiger partial charge in [-0.2, -0.15) is 0 Å². The van der Waals surface area contributed by atoms with Gasteiger partial charge < -0.3 is 5.32 Å². The Hall–Kier alpha value is -0.530. The summed E-state index contributed by atoms with van der Waals surface area (Å²) in [4.78, 5) is 0. The predicted molar refractivity (Wildman–Crippen MR) is 67.7 cm³/mol. The normalized spacial score (nSPS) is 24.1.